The third-order valence-electron chi connectivity index (χ3n) is 3.76. The summed E-state index contributed by atoms with van der Waals surface area (Å²) in [5.74, 6) is 0.465. The molecule has 0 spiro atoms. The molecule has 27 heavy (non-hydrogen) atoms. The van der Waals surface area contributed by atoms with Crippen LogP contribution in [0.4, 0.5) is 18.9 Å². The molecule has 0 fully saturated rings. The molecule has 0 saturated carbocycles. The van der Waals surface area contributed by atoms with E-state index in [9.17, 15) is 18.0 Å². The lowest BCUT2D eigenvalue weighted by Gasteiger charge is -2.13. The third kappa shape index (κ3) is 4.97. The number of ether oxygens (including phenoxy) is 2. The van der Waals surface area contributed by atoms with Crippen molar-refractivity contribution in [3.8, 4) is 11.5 Å². The smallest absolute Gasteiger partial charge is 0.416 e. The quantitative estimate of drug-likeness (QED) is 0.755. The Kier molecular flexibility index (Phi) is 5.65. The Morgan fingerprint density at radius 2 is 1.93 bits per heavy atom. The summed E-state index contributed by atoms with van der Waals surface area (Å²) in [6.45, 7) is 0.976. The van der Waals surface area contributed by atoms with Crippen LogP contribution >= 0.6 is 11.6 Å². The maximum absolute atomic E-state index is 12.7. The van der Waals surface area contributed by atoms with Gasteiger partial charge in [0, 0.05) is 6.42 Å². The SMILES string of the molecule is O=C(Cc1cc(Cl)c2c(c1)OCCCO2)NNc1cccc(C(F)(F)F)c1. The minimum absolute atomic E-state index is 0.0394. The number of carbonyl (C=O) groups excluding carboxylic acids is 1. The van der Waals surface area contributed by atoms with E-state index in [0.717, 1.165) is 18.6 Å². The van der Waals surface area contributed by atoms with Crippen molar-refractivity contribution in [1.82, 2.24) is 5.43 Å². The van der Waals surface area contributed by atoms with Crippen LogP contribution in [0.2, 0.25) is 5.02 Å². The van der Waals surface area contributed by atoms with Gasteiger partial charge in [-0.3, -0.25) is 15.6 Å². The number of hydrogen-bond acceptors (Lipinski definition) is 4. The topological polar surface area (TPSA) is 59.6 Å². The first-order chi connectivity index (χ1) is 12.8. The van der Waals surface area contributed by atoms with Crippen molar-refractivity contribution in [1.29, 1.82) is 0 Å². The normalized spacial score (nSPS) is 13.6. The molecular weight excluding hydrogens is 385 g/mol. The maximum Gasteiger partial charge on any atom is 0.416 e. The molecule has 9 heteroatoms. The van der Waals surface area contributed by atoms with Crippen LogP contribution in [0, 0.1) is 0 Å². The van der Waals surface area contributed by atoms with Crippen LogP contribution in [0.5, 0.6) is 11.5 Å². The number of carbonyl (C=O) groups is 1. The van der Waals surface area contributed by atoms with Crippen molar-refractivity contribution < 1.29 is 27.4 Å². The second-order valence-corrected chi connectivity index (χ2v) is 6.29. The summed E-state index contributed by atoms with van der Waals surface area (Å²) < 4.78 is 49.2. The Hall–Kier alpha value is -2.61. The fourth-order valence-corrected chi connectivity index (χ4v) is 2.82. The minimum Gasteiger partial charge on any atom is -0.489 e. The number of hydrazine groups is 1. The Balaban J connectivity index is 1.63. The highest BCUT2D eigenvalue weighted by Gasteiger charge is 2.30. The summed E-state index contributed by atoms with van der Waals surface area (Å²) in [5.41, 5.74) is 4.74. The molecule has 1 heterocycles. The third-order valence-corrected chi connectivity index (χ3v) is 4.04. The molecule has 2 N–H and O–H groups in total. The minimum atomic E-state index is -4.46. The molecule has 2 aromatic carbocycles. The first-order valence-corrected chi connectivity index (χ1v) is 8.51. The molecule has 0 unspecified atom stereocenters. The van der Waals surface area contributed by atoms with Crippen LogP contribution in [0.25, 0.3) is 0 Å². The van der Waals surface area contributed by atoms with E-state index < -0.39 is 17.6 Å². The molecule has 0 radical (unpaired) electrons. The Morgan fingerprint density at radius 1 is 1.15 bits per heavy atom. The molecule has 0 aromatic heterocycles. The number of hydrogen-bond donors (Lipinski definition) is 2. The lowest BCUT2D eigenvalue weighted by Crippen LogP contribution is -2.30. The number of anilines is 1. The highest BCUT2D eigenvalue weighted by molar-refractivity contribution is 6.32. The van der Waals surface area contributed by atoms with Crippen LogP contribution < -0.4 is 20.3 Å². The molecule has 1 amide bonds. The van der Waals surface area contributed by atoms with Gasteiger partial charge >= 0.3 is 6.18 Å². The van der Waals surface area contributed by atoms with E-state index in [4.69, 9.17) is 21.1 Å². The average molecular weight is 401 g/mol. The van der Waals surface area contributed by atoms with E-state index in [-0.39, 0.29) is 12.1 Å². The van der Waals surface area contributed by atoms with Gasteiger partial charge in [-0.1, -0.05) is 17.7 Å². The van der Waals surface area contributed by atoms with E-state index >= 15 is 0 Å². The van der Waals surface area contributed by atoms with Gasteiger partial charge in [0.1, 0.15) is 0 Å². The fourth-order valence-electron chi connectivity index (χ4n) is 2.53. The molecular formula is C18H16ClF3N2O3. The summed E-state index contributed by atoms with van der Waals surface area (Å²) in [7, 11) is 0. The van der Waals surface area contributed by atoms with E-state index in [1.807, 2.05) is 0 Å². The van der Waals surface area contributed by atoms with Crippen molar-refractivity contribution in [3.63, 3.8) is 0 Å². The summed E-state index contributed by atoms with van der Waals surface area (Å²) in [6.07, 6.45) is -3.77. The van der Waals surface area contributed by atoms with Crippen molar-refractivity contribution in [2.45, 2.75) is 19.0 Å². The maximum atomic E-state index is 12.7. The number of fused-ring (bicyclic) bond motifs is 1. The number of rotatable bonds is 4. The highest BCUT2D eigenvalue weighted by Crippen LogP contribution is 2.38. The predicted molar refractivity (Wildman–Crippen MR) is 94.0 cm³/mol. The van der Waals surface area contributed by atoms with Gasteiger partial charge in [-0.2, -0.15) is 13.2 Å². The van der Waals surface area contributed by atoms with Crippen LogP contribution in [0.15, 0.2) is 36.4 Å². The number of amides is 1. The molecule has 1 aliphatic heterocycles. The molecule has 0 atom stereocenters. The van der Waals surface area contributed by atoms with Gasteiger partial charge in [0.05, 0.1) is 35.9 Å². The van der Waals surface area contributed by atoms with Crippen LogP contribution in [-0.2, 0) is 17.4 Å². The number of nitrogens with one attached hydrogen (secondary N) is 2. The molecule has 1 aliphatic rings. The number of alkyl halides is 3. The second-order valence-electron chi connectivity index (χ2n) is 5.88. The molecule has 0 aliphatic carbocycles. The number of halogens is 4. The van der Waals surface area contributed by atoms with Crippen molar-refractivity contribution >= 4 is 23.2 Å². The molecule has 0 bridgehead atoms. The van der Waals surface area contributed by atoms with Crippen molar-refractivity contribution in [2.24, 2.45) is 0 Å². The Bertz CT molecular complexity index is 843. The zero-order valence-corrected chi connectivity index (χ0v) is 14.8. The Morgan fingerprint density at radius 3 is 2.70 bits per heavy atom. The predicted octanol–water partition coefficient (Wildman–Crippen LogP) is 4.21. The first kappa shape index (κ1) is 19.2. The van der Waals surface area contributed by atoms with E-state index in [1.54, 1.807) is 12.1 Å². The van der Waals surface area contributed by atoms with E-state index in [1.165, 1.54) is 12.1 Å². The van der Waals surface area contributed by atoms with Gasteiger partial charge < -0.3 is 9.47 Å². The van der Waals surface area contributed by atoms with Gasteiger partial charge in [-0.05, 0) is 35.9 Å². The molecule has 144 valence electrons. The Labute approximate surface area is 158 Å². The largest absolute Gasteiger partial charge is 0.489 e. The van der Waals surface area contributed by atoms with Crippen molar-refractivity contribution in [3.05, 3.63) is 52.5 Å². The van der Waals surface area contributed by atoms with Gasteiger partial charge in [0.2, 0.25) is 5.91 Å². The first-order valence-electron chi connectivity index (χ1n) is 8.13. The summed E-state index contributed by atoms with van der Waals surface area (Å²) in [5, 5.41) is 0.336. The lowest BCUT2D eigenvalue weighted by atomic mass is 10.1. The molecule has 5 nitrogen and oxygen atoms in total. The van der Waals surface area contributed by atoms with Gasteiger partial charge in [0.25, 0.3) is 0 Å². The van der Waals surface area contributed by atoms with Gasteiger partial charge in [-0.25, -0.2) is 0 Å². The fraction of sp³-hybridized carbons (Fsp3) is 0.278. The molecule has 3 rings (SSSR count). The summed E-state index contributed by atoms with van der Waals surface area (Å²) in [6, 6.07) is 7.79. The zero-order valence-electron chi connectivity index (χ0n) is 14.0. The van der Waals surface area contributed by atoms with Crippen LogP contribution in [-0.4, -0.2) is 19.1 Å². The highest BCUT2D eigenvalue weighted by atomic mass is 35.5. The zero-order chi connectivity index (χ0) is 19.4. The summed E-state index contributed by atoms with van der Waals surface area (Å²) >= 11 is 6.18. The molecule has 2 aromatic rings. The van der Waals surface area contributed by atoms with E-state index in [0.29, 0.717) is 35.3 Å². The average Bonchev–Trinajstić information content (AvgIpc) is 2.85. The monoisotopic (exact) mass is 400 g/mol. The van der Waals surface area contributed by atoms with Gasteiger partial charge in [-0.15, -0.1) is 0 Å². The molecule has 0 saturated heterocycles. The van der Waals surface area contributed by atoms with Crippen LogP contribution in [0.3, 0.4) is 0 Å². The standard InChI is InChI=1S/C18H16ClF3N2O3/c19-14-7-11(8-15-17(14)27-6-2-5-26-15)9-16(25)24-23-13-4-1-3-12(10-13)18(20,21)22/h1,3-4,7-8,10,23H,2,5-6,9H2,(H,24,25). The second kappa shape index (κ2) is 7.96. The summed E-state index contributed by atoms with van der Waals surface area (Å²) in [4.78, 5) is 12.1. The van der Waals surface area contributed by atoms with E-state index in [2.05, 4.69) is 10.9 Å². The lowest BCUT2D eigenvalue weighted by molar-refractivity contribution is -0.137. The van der Waals surface area contributed by atoms with Crippen LogP contribution in [0.1, 0.15) is 17.5 Å². The van der Waals surface area contributed by atoms with Crippen molar-refractivity contribution in [2.75, 3.05) is 18.6 Å². The van der Waals surface area contributed by atoms with Gasteiger partial charge in [0.15, 0.2) is 11.5 Å². The number of benzene rings is 2.